The largest absolute Gasteiger partial charge is 0.302 e. The van der Waals surface area contributed by atoms with Crippen molar-refractivity contribution in [1.82, 2.24) is 14.8 Å². The van der Waals surface area contributed by atoms with Crippen molar-refractivity contribution in [2.75, 3.05) is 0 Å². The molecule has 0 aliphatic carbocycles. The summed E-state index contributed by atoms with van der Waals surface area (Å²) >= 11 is 5.05. The van der Waals surface area contributed by atoms with Crippen LogP contribution in [0.3, 0.4) is 0 Å². The first-order valence-corrected chi connectivity index (χ1v) is 9.01. The maximum atomic E-state index is 13.0. The number of rotatable bonds is 5. The molecule has 0 aliphatic heterocycles. The number of benzene rings is 2. The first-order chi connectivity index (χ1) is 11.2. The lowest BCUT2D eigenvalue weighted by molar-refractivity contribution is 0.627. The van der Waals surface area contributed by atoms with Crippen LogP contribution in [-0.4, -0.2) is 14.8 Å². The van der Waals surface area contributed by atoms with Crippen molar-refractivity contribution in [2.45, 2.75) is 24.4 Å². The van der Waals surface area contributed by atoms with Gasteiger partial charge < -0.3 is 4.57 Å². The van der Waals surface area contributed by atoms with Crippen molar-refractivity contribution >= 4 is 27.7 Å². The lowest BCUT2D eigenvalue weighted by atomic mass is 10.2. The summed E-state index contributed by atoms with van der Waals surface area (Å²) in [6.45, 7) is 2.87. The number of thioether (sulfide) groups is 1. The molecule has 3 rings (SSSR count). The molecule has 1 heterocycles. The van der Waals surface area contributed by atoms with Gasteiger partial charge >= 0.3 is 0 Å². The van der Waals surface area contributed by atoms with Crippen molar-refractivity contribution in [3.8, 4) is 11.4 Å². The summed E-state index contributed by atoms with van der Waals surface area (Å²) in [5.41, 5.74) is 2.10. The van der Waals surface area contributed by atoms with Gasteiger partial charge in [-0.05, 0) is 36.8 Å². The third-order valence-electron chi connectivity index (χ3n) is 3.42. The molecule has 2 aromatic carbocycles. The second kappa shape index (κ2) is 7.27. The molecule has 1 aromatic heterocycles. The Kier molecular flexibility index (Phi) is 5.13. The Morgan fingerprint density at radius 1 is 1.04 bits per heavy atom. The molecule has 3 aromatic rings. The maximum Gasteiger partial charge on any atom is 0.191 e. The number of halogens is 2. The van der Waals surface area contributed by atoms with Crippen LogP contribution in [0.2, 0.25) is 0 Å². The Morgan fingerprint density at radius 3 is 2.39 bits per heavy atom. The van der Waals surface area contributed by atoms with Crippen molar-refractivity contribution in [1.29, 1.82) is 0 Å². The zero-order chi connectivity index (χ0) is 16.2. The fraction of sp³-hybridized carbons (Fsp3) is 0.176. The molecule has 0 amide bonds. The summed E-state index contributed by atoms with van der Waals surface area (Å²) in [4.78, 5) is 0. The highest BCUT2D eigenvalue weighted by Gasteiger charge is 2.13. The summed E-state index contributed by atoms with van der Waals surface area (Å²) in [7, 11) is 0. The minimum atomic E-state index is -0.215. The molecule has 0 saturated heterocycles. The van der Waals surface area contributed by atoms with Crippen LogP contribution in [0.1, 0.15) is 12.5 Å². The Balaban J connectivity index is 1.80. The van der Waals surface area contributed by atoms with Gasteiger partial charge in [0, 0.05) is 22.3 Å². The van der Waals surface area contributed by atoms with E-state index in [0.717, 1.165) is 38.9 Å². The van der Waals surface area contributed by atoms with Crippen LogP contribution in [0, 0.1) is 5.82 Å². The number of hydrogen-bond acceptors (Lipinski definition) is 3. The monoisotopic (exact) mass is 391 g/mol. The van der Waals surface area contributed by atoms with Gasteiger partial charge in [-0.15, -0.1) is 10.2 Å². The van der Waals surface area contributed by atoms with Gasteiger partial charge in [-0.25, -0.2) is 4.39 Å². The predicted molar refractivity (Wildman–Crippen MR) is 94.8 cm³/mol. The number of nitrogens with zero attached hydrogens (tertiary/aromatic N) is 3. The van der Waals surface area contributed by atoms with E-state index in [1.807, 2.05) is 24.3 Å². The second-order valence-electron chi connectivity index (χ2n) is 4.97. The minimum Gasteiger partial charge on any atom is -0.302 e. The van der Waals surface area contributed by atoms with Gasteiger partial charge in [-0.1, -0.05) is 52.0 Å². The molecule has 0 unspecified atom stereocenters. The van der Waals surface area contributed by atoms with Crippen LogP contribution in [-0.2, 0) is 12.3 Å². The highest BCUT2D eigenvalue weighted by atomic mass is 79.9. The molecule has 0 aliphatic rings. The Hall–Kier alpha value is -1.66. The molecule has 118 valence electrons. The average molecular weight is 392 g/mol. The summed E-state index contributed by atoms with van der Waals surface area (Å²) in [6, 6.07) is 14.6. The summed E-state index contributed by atoms with van der Waals surface area (Å²) in [5, 5.41) is 9.51. The van der Waals surface area contributed by atoms with E-state index in [2.05, 4.69) is 37.6 Å². The molecule has 0 bridgehead atoms. The lowest BCUT2D eigenvalue weighted by Gasteiger charge is -2.07. The maximum absolute atomic E-state index is 13.0. The van der Waals surface area contributed by atoms with Crippen molar-refractivity contribution in [3.63, 3.8) is 0 Å². The zero-order valence-electron chi connectivity index (χ0n) is 12.5. The fourth-order valence-corrected chi connectivity index (χ4v) is 3.44. The molecular weight excluding hydrogens is 377 g/mol. The van der Waals surface area contributed by atoms with E-state index in [1.165, 1.54) is 12.1 Å². The third-order valence-corrected chi connectivity index (χ3v) is 4.98. The zero-order valence-corrected chi connectivity index (χ0v) is 14.9. The molecule has 0 spiro atoms. The van der Waals surface area contributed by atoms with Crippen LogP contribution in [0.25, 0.3) is 11.4 Å². The highest BCUT2D eigenvalue weighted by Crippen LogP contribution is 2.27. The Morgan fingerprint density at radius 2 is 1.74 bits per heavy atom. The van der Waals surface area contributed by atoms with Crippen LogP contribution in [0.15, 0.2) is 58.2 Å². The summed E-state index contributed by atoms with van der Waals surface area (Å²) in [6.07, 6.45) is 0. The molecule has 0 saturated carbocycles. The molecule has 0 radical (unpaired) electrons. The van der Waals surface area contributed by atoms with E-state index < -0.39 is 0 Å². The number of aromatic nitrogens is 3. The molecule has 0 N–H and O–H groups in total. The van der Waals surface area contributed by atoms with Gasteiger partial charge in [0.2, 0.25) is 0 Å². The predicted octanol–water partition coefficient (Wildman–Crippen LogP) is 5.16. The standard InChI is InChI=1S/C17H15BrFN3S/c1-2-22-16(13-5-7-14(18)8-6-13)20-21-17(22)23-11-12-3-9-15(19)10-4-12/h3-10H,2,11H2,1H3. The quantitative estimate of drug-likeness (QED) is 0.562. The normalized spacial score (nSPS) is 10.9. The molecule has 0 atom stereocenters. The molecule has 6 heteroatoms. The van der Waals surface area contributed by atoms with Gasteiger partial charge in [0.15, 0.2) is 11.0 Å². The molecular formula is C17H15BrFN3S. The fourth-order valence-electron chi connectivity index (χ4n) is 2.22. The van der Waals surface area contributed by atoms with Gasteiger partial charge in [-0.3, -0.25) is 0 Å². The van der Waals surface area contributed by atoms with E-state index in [1.54, 1.807) is 23.9 Å². The summed E-state index contributed by atoms with van der Waals surface area (Å²) < 4.78 is 16.1. The third kappa shape index (κ3) is 3.82. The Bertz CT molecular complexity index is 785. The first kappa shape index (κ1) is 16.2. The first-order valence-electron chi connectivity index (χ1n) is 7.23. The van der Waals surface area contributed by atoms with E-state index in [0.29, 0.717) is 0 Å². The minimum absolute atomic E-state index is 0.215. The van der Waals surface area contributed by atoms with Crippen LogP contribution in [0.5, 0.6) is 0 Å². The van der Waals surface area contributed by atoms with Crippen LogP contribution >= 0.6 is 27.7 Å². The lowest BCUT2D eigenvalue weighted by Crippen LogP contribution is -1.99. The SMILES string of the molecule is CCn1c(SCc2ccc(F)cc2)nnc1-c1ccc(Br)cc1. The smallest absolute Gasteiger partial charge is 0.191 e. The molecule has 3 nitrogen and oxygen atoms in total. The van der Waals surface area contributed by atoms with E-state index >= 15 is 0 Å². The molecule has 23 heavy (non-hydrogen) atoms. The van der Waals surface area contributed by atoms with Gasteiger partial charge in [0.1, 0.15) is 5.82 Å². The van der Waals surface area contributed by atoms with Gasteiger partial charge in [-0.2, -0.15) is 0 Å². The highest BCUT2D eigenvalue weighted by molar-refractivity contribution is 9.10. The van der Waals surface area contributed by atoms with E-state index in [9.17, 15) is 4.39 Å². The van der Waals surface area contributed by atoms with E-state index in [-0.39, 0.29) is 5.82 Å². The Labute approximate surface area is 147 Å². The molecule has 0 fully saturated rings. The van der Waals surface area contributed by atoms with Crippen LogP contribution in [0.4, 0.5) is 4.39 Å². The van der Waals surface area contributed by atoms with Gasteiger partial charge in [0.25, 0.3) is 0 Å². The second-order valence-corrected chi connectivity index (χ2v) is 6.83. The summed E-state index contributed by atoms with van der Waals surface area (Å²) in [5.74, 6) is 1.38. The van der Waals surface area contributed by atoms with Crippen molar-refractivity contribution < 1.29 is 4.39 Å². The van der Waals surface area contributed by atoms with Crippen molar-refractivity contribution in [3.05, 3.63) is 64.4 Å². The van der Waals surface area contributed by atoms with Crippen LogP contribution < -0.4 is 0 Å². The van der Waals surface area contributed by atoms with E-state index in [4.69, 9.17) is 0 Å². The average Bonchev–Trinajstić information content (AvgIpc) is 2.98. The van der Waals surface area contributed by atoms with Crippen molar-refractivity contribution in [2.24, 2.45) is 0 Å². The number of hydrogen-bond donors (Lipinski definition) is 0. The van der Waals surface area contributed by atoms with Gasteiger partial charge in [0.05, 0.1) is 0 Å². The topological polar surface area (TPSA) is 30.7 Å².